The standard InChI is InChI=1S/C10H10F3N3O/c1-16(5-10(11,12)13)9-15-8-6(14)3-2-4-7(8)17-9/h2-4H,5,14H2,1H3. The first-order valence-electron chi connectivity index (χ1n) is 4.80. The minimum Gasteiger partial charge on any atom is -0.423 e. The van der Waals surface area contributed by atoms with Crippen LogP contribution in [-0.4, -0.2) is 24.8 Å². The first-order chi connectivity index (χ1) is 7.87. The number of alkyl halides is 3. The fourth-order valence-corrected chi connectivity index (χ4v) is 1.46. The SMILES string of the molecule is CN(CC(F)(F)F)c1nc2c(N)cccc2o1. The maximum atomic E-state index is 12.2. The third kappa shape index (κ3) is 2.43. The van der Waals surface area contributed by atoms with Crippen molar-refractivity contribution in [2.75, 3.05) is 24.2 Å². The summed E-state index contributed by atoms with van der Waals surface area (Å²) < 4.78 is 41.8. The van der Waals surface area contributed by atoms with Crippen molar-refractivity contribution in [3.63, 3.8) is 0 Å². The van der Waals surface area contributed by atoms with Gasteiger partial charge in [-0.15, -0.1) is 0 Å². The van der Waals surface area contributed by atoms with E-state index in [9.17, 15) is 13.2 Å². The molecule has 92 valence electrons. The second-order valence-electron chi connectivity index (χ2n) is 3.66. The number of oxazole rings is 1. The molecule has 0 saturated carbocycles. The van der Waals surface area contributed by atoms with Gasteiger partial charge >= 0.3 is 6.18 Å². The number of anilines is 2. The van der Waals surface area contributed by atoms with Crippen LogP contribution >= 0.6 is 0 Å². The Morgan fingerprint density at radius 3 is 2.71 bits per heavy atom. The zero-order valence-electron chi connectivity index (χ0n) is 8.95. The van der Waals surface area contributed by atoms with E-state index >= 15 is 0 Å². The molecule has 4 nitrogen and oxygen atoms in total. The second kappa shape index (κ2) is 3.83. The van der Waals surface area contributed by atoms with Gasteiger partial charge in [0, 0.05) is 7.05 Å². The molecule has 1 aromatic carbocycles. The van der Waals surface area contributed by atoms with Crippen LogP contribution in [0.3, 0.4) is 0 Å². The Morgan fingerprint density at radius 1 is 1.41 bits per heavy atom. The minimum absolute atomic E-state index is 0.102. The summed E-state index contributed by atoms with van der Waals surface area (Å²) in [6.07, 6.45) is -4.30. The van der Waals surface area contributed by atoms with Crippen molar-refractivity contribution >= 4 is 22.8 Å². The van der Waals surface area contributed by atoms with E-state index in [1.54, 1.807) is 18.2 Å². The summed E-state index contributed by atoms with van der Waals surface area (Å²) in [5, 5.41) is 0. The molecule has 2 rings (SSSR count). The lowest BCUT2D eigenvalue weighted by atomic mass is 10.3. The first kappa shape index (κ1) is 11.6. The third-order valence-electron chi connectivity index (χ3n) is 2.18. The highest BCUT2D eigenvalue weighted by molar-refractivity contribution is 5.86. The van der Waals surface area contributed by atoms with Crippen LogP contribution < -0.4 is 10.6 Å². The topological polar surface area (TPSA) is 55.3 Å². The lowest BCUT2D eigenvalue weighted by Crippen LogP contribution is -2.30. The van der Waals surface area contributed by atoms with Crippen LogP contribution in [0, 0.1) is 0 Å². The van der Waals surface area contributed by atoms with E-state index in [0.29, 0.717) is 16.8 Å². The third-order valence-corrected chi connectivity index (χ3v) is 2.18. The minimum atomic E-state index is -4.30. The van der Waals surface area contributed by atoms with Gasteiger partial charge in [0.2, 0.25) is 0 Å². The molecular formula is C10H10F3N3O. The van der Waals surface area contributed by atoms with Crippen molar-refractivity contribution < 1.29 is 17.6 Å². The summed E-state index contributed by atoms with van der Waals surface area (Å²) in [5.74, 6) is 0. The van der Waals surface area contributed by atoms with Crippen molar-refractivity contribution in [1.82, 2.24) is 4.98 Å². The zero-order valence-corrected chi connectivity index (χ0v) is 8.95. The van der Waals surface area contributed by atoms with Gasteiger partial charge in [0.1, 0.15) is 12.1 Å². The molecular weight excluding hydrogens is 235 g/mol. The lowest BCUT2D eigenvalue weighted by molar-refractivity contribution is -0.119. The molecule has 17 heavy (non-hydrogen) atoms. The molecule has 2 N–H and O–H groups in total. The van der Waals surface area contributed by atoms with Crippen LogP contribution in [0.25, 0.3) is 11.1 Å². The second-order valence-corrected chi connectivity index (χ2v) is 3.66. The molecule has 0 amide bonds. The van der Waals surface area contributed by atoms with E-state index in [0.717, 1.165) is 4.90 Å². The van der Waals surface area contributed by atoms with Crippen LogP contribution in [0.15, 0.2) is 22.6 Å². The molecule has 0 bridgehead atoms. The Morgan fingerprint density at radius 2 is 2.12 bits per heavy atom. The van der Waals surface area contributed by atoms with E-state index in [2.05, 4.69) is 4.98 Å². The van der Waals surface area contributed by atoms with E-state index < -0.39 is 12.7 Å². The Kier molecular flexibility index (Phi) is 2.60. The van der Waals surface area contributed by atoms with Crippen LogP contribution in [0.2, 0.25) is 0 Å². The predicted molar refractivity (Wildman–Crippen MR) is 57.7 cm³/mol. The number of hydrogen-bond acceptors (Lipinski definition) is 4. The number of fused-ring (bicyclic) bond motifs is 1. The maximum Gasteiger partial charge on any atom is 0.406 e. The average molecular weight is 245 g/mol. The van der Waals surface area contributed by atoms with Gasteiger partial charge in [-0.05, 0) is 12.1 Å². The number of benzene rings is 1. The van der Waals surface area contributed by atoms with Crippen molar-refractivity contribution in [1.29, 1.82) is 0 Å². The number of rotatable bonds is 2. The van der Waals surface area contributed by atoms with E-state index in [4.69, 9.17) is 10.2 Å². The Balaban J connectivity index is 2.34. The molecule has 2 aromatic rings. The quantitative estimate of drug-likeness (QED) is 0.825. The number of halogens is 3. The van der Waals surface area contributed by atoms with Crippen molar-refractivity contribution in [2.24, 2.45) is 0 Å². The molecule has 1 heterocycles. The van der Waals surface area contributed by atoms with E-state index in [1.807, 2.05) is 0 Å². The predicted octanol–water partition coefficient (Wildman–Crippen LogP) is 2.41. The number of nitrogen functional groups attached to an aromatic ring is 1. The van der Waals surface area contributed by atoms with Gasteiger partial charge in [-0.1, -0.05) is 6.07 Å². The highest BCUT2D eigenvalue weighted by Gasteiger charge is 2.31. The number of nitrogens with zero attached hydrogens (tertiary/aromatic N) is 2. The zero-order chi connectivity index (χ0) is 12.6. The fourth-order valence-electron chi connectivity index (χ4n) is 1.46. The summed E-state index contributed by atoms with van der Waals surface area (Å²) in [4.78, 5) is 4.82. The molecule has 7 heteroatoms. The highest BCUT2D eigenvalue weighted by atomic mass is 19.4. The van der Waals surface area contributed by atoms with E-state index in [-0.39, 0.29) is 6.01 Å². The molecule has 0 unspecified atom stereocenters. The molecule has 0 spiro atoms. The van der Waals surface area contributed by atoms with Crippen LogP contribution in [-0.2, 0) is 0 Å². The Bertz CT molecular complexity index is 535. The highest BCUT2D eigenvalue weighted by Crippen LogP contribution is 2.27. The molecule has 0 atom stereocenters. The summed E-state index contributed by atoms with van der Waals surface area (Å²) in [5.41, 5.74) is 6.75. The molecule has 0 saturated heterocycles. The summed E-state index contributed by atoms with van der Waals surface area (Å²) in [7, 11) is 1.26. The molecule has 0 aliphatic rings. The number of aromatic nitrogens is 1. The van der Waals surface area contributed by atoms with E-state index in [1.165, 1.54) is 7.05 Å². The molecule has 0 fully saturated rings. The monoisotopic (exact) mass is 245 g/mol. The largest absolute Gasteiger partial charge is 0.423 e. The molecule has 0 radical (unpaired) electrons. The number of hydrogen-bond donors (Lipinski definition) is 1. The summed E-state index contributed by atoms with van der Waals surface area (Å²) in [6.45, 7) is -1.13. The van der Waals surface area contributed by atoms with Crippen LogP contribution in [0.5, 0.6) is 0 Å². The van der Waals surface area contributed by atoms with Gasteiger partial charge in [0.15, 0.2) is 5.58 Å². The first-order valence-corrected chi connectivity index (χ1v) is 4.80. The molecule has 1 aromatic heterocycles. The number of nitrogens with two attached hydrogens (primary N) is 1. The van der Waals surface area contributed by atoms with Crippen LogP contribution in [0.4, 0.5) is 24.9 Å². The normalized spacial score (nSPS) is 12.0. The molecule has 0 aliphatic carbocycles. The van der Waals surface area contributed by atoms with Crippen LogP contribution in [0.1, 0.15) is 0 Å². The van der Waals surface area contributed by atoms with Crippen molar-refractivity contribution in [2.45, 2.75) is 6.18 Å². The molecule has 0 aliphatic heterocycles. The van der Waals surface area contributed by atoms with Gasteiger partial charge in [-0.25, -0.2) is 0 Å². The van der Waals surface area contributed by atoms with Crippen molar-refractivity contribution in [3.8, 4) is 0 Å². The lowest BCUT2D eigenvalue weighted by Gasteiger charge is -2.15. The Hall–Kier alpha value is -1.92. The summed E-state index contributed by atoms with van der Waals surface area (Å²) >= 11 is 0. The van der Waals surface area contributed by atoms with Crippen molar-refractivity contribution in [3.05, 3.63) is 18.2 Å². The van der Waals surface area contributed by atoms with Gasteiger partial charge in [0.05, 0.1) is 5.69 Å². The average Bonchev–Trinajstić information content (AvgIpc) is 2.60. The van der Waals surface area contributed by atoms with Gasteiger partial charge < -0.3 is 15.1 Å². The van der Waals surface area contributed by atoms with Gasteiger partial charge in [0.25, 0.3) is 6.01 Å². The summed E-state index contributed by atoms with van der Waals surface area (Å²) in [6, 6.07) is 4.76. The smallest absolute Gasteiger partial charge is 0.406 e. The van der Waals surface area contributed by atoms with Gasteiger partial charge in [-0.3, -0.25) is 0 Å². The Labute approximate surface area is 94.8 Å². The van der Waals surface area contributed by atoms with Gasteiger partial charge in [-0.2, -0.15) is 18.2 Å². The number of para-hydroxylation sites is 1. The maximum absolute atomic E-state index is 12.2. The fraction of sp³-hybridized carbons (Fsp3) is 0.300.